The van der Waals surface area contributed by atoms with Crippen molar-refractivity contribution in [1.82, 2.24) is 5.32 Å². The second-order valence-electron chi connectivity index (χ2n) is 5.56. The lowest BCUT2D eigenvalue weighted by Gasteiger charge is -2.26. The van der Waals surface area contributed by atoms with Crippen LogP contribution in [0.2, 0.25) is 0 Å². The van der Waals surface area contributed by atoms with E-state index in [1.165, 1.54) is 17.5 Å². The largest absolute Gasteiger partial charge is 0.469 e. The van der Waals surface area contributed by atoms with Crippen LogP contribution in [-0.4, -0.2) is 12.6 Å². The van der Waals surface area contributed by atoms with Gasteiger partial charge in [0.05, 0.1) is 6.26 Å². The number of aryl methyl sites for hydroxylation is 1. The van der Waals surface area contributed by atoms with E-state index in [1.54, 1.807) is 6.26 Å². The molecule has 3 nitrogen and oxygen atoms in total. The summed E-state index contributed by atoms with van der Waals surface area (Å²) in [5.41, 5.74) is 9.77. The topological polar surface area (TPSA) is 51.2 Å². The Morgan fingerprint density at radius 2 is 2.20 bits per heavy atom. The molecule has 1 heterocycles. The molecule has 1 aliphatic rings. The van der Waals surface area contributed by atoms with E-state index in [4.69, 9.17) is 10.2 Å². The zero-order valence-electron chi connectivity index (χ0n) is 11.8. The molecule has 0 saturated carbocycles. The summed E-state index contributed by atoms with van der Waals surface area (Å²) in [5, 5.41) is 3.66. The van der Waals surface area contributed by atoms with Crippen LogP contribution < -0.4 is 11.1 Å². The van der Waals surface area contributed by atoms with Gasteiger partial charge in [-0.05, 0) is 61.6 Å². The lowest BCUT2D eigenvalue weighted by Crippen LogP contribution is -2.35. The summed E-state index contributed by atoms with van der Waals surface area (Å²) in [4.78, 5) is 0. The number of nitrogens with one attached hydrogen (secondary N) is 1. The van der Waals surface area contributed by atoms with Crippen LogP contribution in [0, 0.1) is 0 Å². The highest BCUT2D eigenvalue weighted by atomic mass is 16.3. The summed E-state index contributed by atoms with van der Waals surface area (Å²) in [6.07, 6.45) is 7.25. The number of anilines is 1. The van der Waals surface area contributed by atoms with E-state index < -0.39 is 0 Å². The number of nitrogen functional groups attached to an aromatic ring is 1. The highest BCUT2D eigenvalue weighted by Crippen LogP contribution is 2.26. The van der Waals surface area contributed by atoms with E-state index in [1.807, 2.05) is 18.2 Å². The van der Waals surface area contributed by atoms with Crippen molar-refractivity contribution in [1.29, 1.82) is 0 Å². The molecule has 1 aliphatic carbocycles. The van der Waals surface area contributed by atoms with E-state index in [0.717, 1.165) is 43.7 Å². The Morgan fingerprint density at radius 3 is 3.05 bits per heavy atom. The van der Waals surface area contributed by atoms with Gasteiger partial charge in [-0.25, -0.2) is 0 Å². The van der Waals surface area contributed by atoms with E-state index >= 15 is 0 Å². The number of fused-ring (bicyclic) bond motifs is 1. The third kappa shape index (κ3) is 3.05. The first-order valence-electron chi connectivity index (χ1n) is 7.45. The van der Waals surface area contributed by atoms with Crippen molar-refractivity contribution < 1.29 is 4.42 Å². The number of benzene rings is 1. The van der Waals surface area contributed by atoms with Crippen LogP contribution in [0.3, 0.4) is 0 Å². The van der Waals surface area contributed by atoms with Gasteiger partial charge in [-0.1, -0.05) is 12.1 Å². The highest BCUT2D eigenvalue weighted by Gasteiger charge is 2.19. The number of rotatable bonds is 5. The Kier molecular flexibility index (Phi) is 4.07. The SMILES string of the molecule is Nc1cccc2c1CCC(NCCCc1ccco1)C2. The number of furan rings is 1. The van der Waals surface area contributed by atoms with Crippen LogP contribution in [0.25, 0.3) is 0 Å². The van der Waals surface area contributed by atoms with Crippen LogP contribution >= 0.6 is 0 Å². The van der Waals surface area contributed by atoms with Crippen molar-refractivity contribution in [3.8, 4) is 0 Å². The minimum absolute atomic E-state index is 0.584. The van der Waals surface area contributed by atoms with Crippen LogP contribution in [-0.2, 0) is 19.3 Å². The van der Waals surface area contributed by atoms with Crippen molar-refractivity contribution in [3.05, 3.63) is 53.5 Å². The molecule has 1 atom stereocenters. The van der Waals surface area contributed by atoms with Crippen molar-refractivity contribution in [2.24, 2.45) is 0 Å². The maximum absolute atomic E-state index is 6.03. The summed E-state index contributed by atoms with van der Waals surface area (Å²) in [6.45, 7) is 1.04. The normalized spacial score (nSPS) is 17.9. The Balaban J connectivity index is 1.46. The van der Waals surface area contributed by atoms with Gasteiger partial charge >= 0.3 is 0 Å². The van der Waals surface area contributed by atoms with Crippen LogP contribution in [0.5, 0.6) is 0 Å². The monoisotopic (exact) mass is 270 g/mol. The fourth-order valence-electron chi connectivity index (χ4n) is 3.03. The first-order valence-corrected chi connectivity index (χ1v) is 7.45. The number of hydrogen-bond donors (Lipinski definition) is 2. The van der Waals surface area contributed by atoms with E-state index in [9.17, 15) is 0 Å². The number of hydrogen-bond acceptors (Lipinski definition) is 3. The summed E-state index contributed by atoms with van der Waals surface area (Å²) in [7, 11) is 0. The Morgan fingerprint density at radius 1 is 1.25 bits per heavy atom. The maximum Gasteiger partial charge on any atom is 0.103 e. The Labute approximate surface area is 120 Å². The van der Waals surface area contributed by atoms with Crippen molar-refractivity contribution in [2.45, 2.75) is 38.1 Å². The molecule has 0 fully saturated rings. The van der Waals surface area contributed by atoms with Crippen molar-refractivity contribution in [2.75, 3.05) is 12.3 Å². The zero-order valence-corrected chi connectivity index (χ0v) is 11.8. The molecule has 0 aliphatic heterocycles. The van der Waals surface area contributed by atoms with Gasteiger partial charge in [0.25, 0.3) is 0 Å². The lowest BCUT2D eigenvalue weighted by molar-refractivity contribution is 0.443. The maximum atomic E-state index is 6.03. The van der Waals surface area contributed by atoms with Gasteiger partial charge in [-0.15, -0.1) is 0 Å². The van der Waals surface area contributed by atoms with Crippen LogP contribution in [0.15, 0.2) is 41.0 Å². The molecule has 2 aromatic rings. The first kappa shape index (κ1) is 13.3. The van der Waals surface area contributed by atoms with Gasteiger partial charge in [0.2, 0.25) is 0 Å². The minimum Gasteiger partial charge on any atom is -0.469 e. The molecule has 3 N–H and O–H groups in total. The molecular weight excluding hydrogens is 248 g/mol. The fourth-order valence-corrected chi connectivity index (χ4v) is 3.03. The van der Waals surface area contributed by atoms with Crippen LogP contribution in [0.1, 0.15) is 29.7 Å². The predicted octanol–water partition coefficient (Wildman–Crippen LogP) is 2.94. The summed E-state index contributed by atoms with van der Waals surface area (Å²) >= 11 is 0. The molecule has 106 valence electrons. The third-order valence-electron chi connectivity index (χ3n) is 4.13. The molecule has 0 saturated heterocycles. The lowest BCUT2D eigenvalue weighted by atomic mass is 9.87. The van der Waals surface area contributed by atoms with Crippen molar-refractivity contribution >= 4 is 5.69 Å². The second kappa shape index (κ2) is 6.14. The third-order valence-corrected chi connectivity index (χ3v) is 4.13. The quantitative estimate of drug-likeness (QED) is 0.649. The summed E-state index contributed by atoms with van der Waals surface area (Å²) < 4.78 is 5.34. The molecule has 20 heavy (non-hydrogen) atoms. The number of nitrogens with two attached hydrogens (primary N) is 1. The molecule has 0 spiro atoms. The molecule has 3 heteroatoms. The van der Waals surface area contributed by atoms with E-state index in [-0.39, 0.29) is 0 Å². The molecular formula is C17H22N2O. The van der Waals surface area contributed by atoms with Gasteiger partial charge in [0, 0.05) is 18.2 Å². The summed E-state index contributed by atoms with van der Waals surface area (Å²) in [6, 6.07) is 10.9. The van der Waals surface area contributed by atoms with E-state index in [0.29, 0.717) is 6.04 Å². The average Bonchev–Trinajstić information content (AvgIpc) is 2.97. The second-order valence-corrected chi connectivity index (χ2v) is 5.56. The van der Waals surface area contributed by atoms with Gasteiger partial charge in [0.1, 0.15) is 5.76 Å². The molecule has 0 radical (unpaired) electrons. The first-order chi connectivity index (χ1) is 9.83. The zero-order chi connectivity index (χ0) is 13.8. The van der Waals surface area contributed by atoms with Gasteiger partial charge in [0.15, 0.2) is 0 Å². The fraction of sp³-hybridized carbons (Fsp3) is 0.412. The minimum atomic E-state index is 0.584. The van der Waals surface area contributed by atoms with Gasteiger partial charge in [-0.3, -0.25) is 0 Å². The summed E-state index contributed by atoms with van der Waals surface area (Å²) in [5.74, 6) is 1.08. The molecule has 1 aromatic heterocycles. The van der Waals surface area contributed by atoms with Gasteiger partial charge < -0.3 is 15.5 Å². The molecule has 0 amide bonds. The smallest absolute Gasteiger partial charge is 0.103 e. The molecule has 1 aromatic carbocycles. The highest BCUT2D eigenvalue weighted by molar-refractivity contribution is 5.52. The standard InChI is InChI=1S/C17H22N2O/c18-17-7-1-4-13-12-14(8-9-16(13)17)19-10-2-5-15-6-3-11-20-15/h1,3-4,6-7,11,14,19H,2,5,8-10,12,18H2. The molecule has 0 bridgehead atoms. The predicted molar refractivity (Wildman–Crippen MR) is 81.7 cm³/mol. The average molecular weight is 270 g/mol. The van der Waals surface area contributed by atoms with E-state index in [2.05, 4.69) is 17.4 Å². The Hall–Kier alpha value is -1.74. The van der Waals surface area contributed by atoms with Crippen LogP contribution in [0.4, 0.5) is 5.69 Å². The van der Waals surface area contributed by atoms with Crippen molar-refractivity contribution in [3.63, 3.8) is 0 Å². The van der Waals surface area contributed by atoms with Gasteiger partial charge in [-0.2, -0.15) is 0 Å². The Bertz CT molecular complexity index is 548. The molecule has 1 unspecified atom stereocenters. The molecule has 3 rings (SSSR count).